The second-order valence-electron chi connectivity index (χ2n) is 6.67. The van der Waals surface area contributed by atoms with Crippen LogP contribution in [0.2, 0.25) is 0 Å². The van der Waals surface area contributed by atoms with Crippen LogP contribution in [0.5, 0.6) is 0 Å². The van der Waals surface area contributed by atoms with Gasteiger partial charge in [0.15, 0.2) is 6.29 Å². The molecule has 0 spiro atoms. The van der Waals surface area contributed by atoms with Crippen molar-refractivity contribution in [2.75, 3.05) is 13.2 Å². The zero-order valence-corrected chi connectivity index (χ0v) is 17.2. The van der Waals surface area contributed by atoms with Crippen LogP contribution in [-0.2, 0) is 15.9 Å². The molecule has 1 aromatic rings. The van der Waals surface area contributed by atoms with Gasteiger partial charge in [-0.15, -0.1) is 13.2 Å². The first-order valence-corrected chi connectivity index (χ1v) is 9.86. The van der Waals surface area contributed by atoms with Crippen molar-refractivity contribution in [3.63, 3.8) is 0 Å². The van der Waals surface area contributed by atoms with Gasteiger partial charge < -0.3 is 9.47 Å². The summed E-state index contributed by atoms with van der Waals surface area (Å²) >= 11 is 0. The topological polar surface area (TPSA) is 35.5 Å². The van der Waals surface area contributed by atoms with Crippen molar-refractivity contribution >= 4 is 6.29 Å². The van der Waals surface area contributed by atoms with E-state index in [0.717, 1.165) is 43.3 Å². The molecule has 2 rings (SSSR count). The molecule has 0 atom stereocenters. The number of rotatable bonds is 7. The summed E-state index contributed by atoms with van der Waals surface area (Å²) in [4.78, 5) is 10.7. The molecule has 1 aliphatic rings. The fourth-order valence-electron chi connectivity index (χ4n) is 3.18. The minimum absolute atomic E-state index is 0.0370. The average molecular weight is 363 g/mol. The van der Waals surface area contributed by atoms with Crippen LogP contribution in [0.15, 0.2) is 37.4 Å². The third-order valence-electron chi connectivity index (χ3n) is 4.55. The summed E-state index contributed by atoms with van der Waals surface area (Å²) in [6.07, 6.45) is 7.50. The largest absolute Gasteiger partial charge is 0.353 e. The summed E-state index contributed by atoms with van der Waals surface area (Å²) in [7, 11) is 0. The lowest BCUT2D eigenvalue weighted by atomic mass is 9.80. The number of hydrogen-bond acceptors (Lipinski definition) is 3. The van der Waals surface area contributed by atoms with E-state index in [4.69, 9.17) is 9.47 Å². The van der Waals surface area contributed by atoms with Crippen LogP contribution in [-0.4, -0.2) is 25.8 Å². The summed E-state index contributed by atoms with van der Waals surface area (Å²) < 4.78 is 10.1. The van der Waals surface area contributed by atoms with Gasteiger partial charge in [-0.05, 0) is 63.5 Å². The first kappa shape index (κ1) is 24.6. The Bertz CT molecular complexity index is 458. The highest BCUT2D eigenvalue weighted by Crippen LogP contribution is 2.30. The van der Waals surface area contributed by atoms with E-state index < -0.39 is 0 Å². The van der Waals surface area contributed by atoms with Gasteiger partial charge in [-0.3, -0.25) is 4.79 Å². The molecular formula is C23H38O3. The summed E-state index contributed by atoms with van der Waals surface area (Å²) in [6, 6.07) is 8.04. The zero-order chi connectivity index (χ0) is 19.8. The quantitative estimate of drug-likeness (QED) is 0.335. The molecule has 1 saturated carbocycles. The zero-order valence-electron chi connectivity index (χ0n) is 17.2. The molecular weight excluding hydrogens is 324 g/mol. The minimum Gasteiger partial charge on any atom is -0.353 e. The molecule has 1 fully saturated rings. The van der Waals surface area contributed by atoms with E-state index in [1.165, 1.54) is 31.2 Å². The molecule has 148 valence electrons. The summed E-state index contributed by atoms with van der Waals surface area (Å²) in [5.41, 5.74) is 2.13. The lowest BCUT2D eigenvalue weighted by molar-refractivity contribution is -0.123. The Hall–Kier alpha value is -1.45. The third kappa shape index (κ3) is 11.2. The Morgan fingerprint density at radius 1 is 1.12 bits per heavy atom. The number of carbonyl (C=O) groups is 1. The number of aldehydes is 1. The highest BCUT2D eigenvalue weighted by Gasteiger charge is 2.18. The lowest BCUT2D eigenvalue weighted by Crippen LogP contribution is -2.14. The summed E-state index contributed by atoms with van der Waals surface area (Å²) in [5, 5.41) is 0. The van der Waals surface area contributed by atoms with Crippen molar-refractivity contribution in [3.05, 3.63) is 48.6 Å². The van der Waals surface area contributed by atoms with E-state index in [1.54, 1.807) is 0 Å². The number of hydrogen-bond donors (Lipinski definition) is 0. The van der Waals surface area contributed by atoms with Gasteiger partial charge in [0.2, 0.25) is 0 Å². The monoisotopic (exact) mass is 362 g/mol. The molecule has 26 heavy (non-hydrogen) atoms. The summed E-state index contributed by atoms with van der Waals surface area (Å²) in [6.45, 7) is 15.6. The second-order valence-corrected chi connectivity index (χ2v) is 6.67. The van der Waals surface area contributed by atoms with E-state index >= 15 is 0 Å². The van der Waals surface area contributed by atoms with Crippen molar-refractivity contribution in [1.82, 2.24) is 0 Å². The first-order valence-electron chi connectivity index (χ1n) is 9.86. The maximum absolute atomic E-state index is 10.7. The van der Waals surface area contributed by atoms with Gasteiger partial charge in [0.25, 0.3) is 0 Å². The SMILES string of the molecule is C=C.CC1CCC(Cc2cccc(C=O)c2)CC1.CCOC(C)OCC. The minimum atomic E-state index is -0.0370. The average Bonchev–Trinajstić information content (AvgIpc) is 2.66. The van der Waals surface area contributed by atoms with Gasteiger partial charge in [-0.25, -0.2) is 0 Å². The molecule has 0 bridgehead atoms. The highest BCUT2D eigenvalue weighted by molar-refractivity contribution is 5.74. The van der Waals surface area contributed by atoms with E-state index in [2.05, 4.69) is 26.1 Å². The molecule has 0 heterocycles. The second kappa shape index (κ2) is 15.8. The first-order chi connectivity index (χ1) is 12.6. The molecule has 0 amide bonds. The molecule has 3 heteroatoms. The van der Waals surface area contributed by atoms with E-state index in [1.807, 2.05) is 39.0 Å². The van der Waals surface area contributed by atoms with E-state index in [0.29, 0.717) is 0 Å². The van der Waals surface area contributed by atoms with Crippen molar-refractivity contribution in [2.45, 2.75) is 66.1 Å². The Morgan fingerprint density at radius 3 is 2.19 bits per heavy atom. The van der Waals surface area contributed by atoms with Gasteiger partial charge in [0.1, 0.15) is 6.29 Å². The van der Waals surface area contributed by atoms with Crippen LogP contribution in [0, 0.1) is 11.8 Å². The molecule has 1 aliphatic carbocycles. The predicted molar refractivity (Wildman–Crippen MR) is 111 cm³/mol. The Morgan fingerprint density at radius 2 is 1.69 bits per heavy atom. The maximum Gasteiger partial charge on any atom is 0.154 e. The number of benzene rings is 1. The van der Waals surface area contributed by atoms with Crippen LogP contribution in [0.3, 0.4) is 0 Å². The third-order valence-corrected chi connectivity index (χ3v) is 4.55. The van der Waals surface area contributed by atoms with E-state index in [-0.39, 0.29) is 6.29 Å². The van der Waals surface area contributed by atoms with Crippen LogP contribution in [0.1, 0.15) is 69.3 Å². The van der Waals surface area contributed by atoms with Crippen LogP contribution in [0.25, 0.3) is 0 Å². The van der Waals surface area contributed by atoms with Gasteiger partial charge in [-0.2, -0.15) is 0 Å². The van der Waals surface area contributed by atoms with Gasteiger partial charge in [0.05, 0.1) is 0 Å². The standard InChI is InChI=1S/C15H20O.C6H14O2.C2H4/c1-12-5-7-13(8-6-12)9-14-3-2-4-15(10-14)11-16;1-4-7-6(3)8-5-2;1-2/h2-4,10-13H,5-9H2,1H3;6H,4-5H2,1-3H3;1-2H2. The smallest absolute Gasteiger partial charge is 0.154 e. The molecule has 0 radical (unpaired) electrons. The number of ether oxygens (including phenoxy) is 2. The van der Waals surface area contributed by atoms with Crippen LogP contribution >= 0.6 is 0 Å². The Balaban J connectivity index is 0.000000533. The maximum atomic E-state index is 10.7. The fraction of sp³-hybridized carbons (Fsp3) is 0.609. The van der Waals surface area contributed by atoms with Gasteiger partial charge >= 0.3 is 0 Å². The van der Waals surface area contributed by atoms with Crippen molar-refractivity contribution in [3.8, 4) is 0 Å². The molecule has 0 aliphatic heterocycles. The summed E-state index contributed by atoms with van der Waals surface area (Å²) in [5.74, 6) is 1.75. The van der Waals surface area contributed by atoms with Crippen LogP contribution in [0.4, 0.5) is 0 Å². The predicted octanol–water partition coefficient (Wildman–Crippen LogP) is 6.08. The Labute approximate surface area is 160 Å². The molecule has 0 N–H and O–H groups in total. The molecule has 0 aromatic heterocycles. The van der Waals surface area contributed by atoms with Crippen LogP contribution < -0.4 is 0 Å². The molecule has 1 aromatic carbocycles. The highest BCUT2D eigenvalue weighted by atomic mass is 16.7. The molecule has 3 nitrogen and oxygen atoms in total. The molecule has 0 saturated heterocycles. The van der Waals surface area contributed by atoms with Crippen molar-refractivity contribution in [1.29, 1.82) is 0 Å². The number of carbonyl (C=O) groups excluding carboxylic acids is 1. The van der Waals surface area contributed by atoms with Crippen molar-refractivity contribution < 1.29 is 14.3 Å². The molecule has 0 unspecified atom stereocenters. The van der Waals surface area contributed by atoms with Crippen molar-refractivity contribution in [2.24, 2.45) is 11.8 Å². The van der Waals surface area contributed by atoms with Gasteiger partial charge in [-0.1, -0.05) is 38.0 Å². The lowest BCUT2D eigenvalue weighted by Gasteiger charge is -2.26. The normalized spacial score (nSPS) is 19.0. The fourth-order valence-corrected chi connectivity index (χ4v) is 3.18. The van der Waals surface area contributed by atoms with Gasteiger partial charge in [0, 0.05) is 18.8 Å². The van der Waals surface area contributed by atoms with E-state index in [9.17, 15) is 4.79 Å². The Kier molecular flexibility index (Phi) is 14.9.